The third kappa shape index (κ3) is 63.1. The van der Waals surface area contributed by atoms with Crippen molar-refractivity contribution in [2.75, 3.05) is 13.2 Å². The minimum Gasteiger partial charge on any atom is -0.462 e. The van der Waals surface area contributed by atoms with Gasteiger partial charge in [0, 0.05) is 12.8 Å². The molecule has 0 bridgehead atoms. The highest BCUT2D eigenvalue weighted by molar-refractivity contribution is 5.70. The van der Waals surface area contributed by atoms with Crippen LogP contribution in [0.15, 0.2) is 109 Å². The van der Waals surface area contributed by atoms with Crippen molar-refractivity contribution in [3.8, 4) is 0 Å². The molecule has 76 heavy (non-hydrogen) atoms. The van der Waals surface area contributed by atoms with Crippen molar-refractivity contribution < 1.29 is 24.2 Å². The van der Waals surface area contributed by atoms with Crippen molar-refractivity contribution in [1.82, 2.24) is 0 Å². The van der Waals surface area contributed by atoms with Gasteiger partial charge in [-0.1, -0.05) is 303 Å². The lowest BCUT2D eigenvalue weighted by Crippen LogP contribution is -2.28. The lowest BCUT2D eigenvalue weighted by atomic mass is 10.0. The van der Waals surface area contributed by atoms with E-state index in [4.69, 9.17) is 9.47 Å². The molecule has 1 unspecified atom stereocenters. The Kier molecular flexibility index (Phi) is 62.9. The molecule has 0 aromatic carbocycles. The number of unbranched alkanes of at least 4 members (excludes halogenated alkanes) is 33. The zero-order valence-electron chi connectivity index (χ0n) is 50.0. The van der Waals surface area contributed by atoms with Crippen molar-refractivity contribution in [1.29, 1.82) is 0 Å². The van der Waals surface area contributed by atoms with E-state index in [9.17, 15) is 14.7 Å². The number of hydrogen-bond donors (Lipinski definition) is 1. The van der Waals surface area contributed by atoms with Crippen LogP contribution in [0.3, 0.4) is 0 Å². The quantitative estimate of drug-likeness (QED) is 0.0373. The molecule has 0 radical (unpaired) electrons. The summed E-state index contributed by atoms with van der Waals surface area (Å²) in [5.74, 6) is -0.587. The number of aliphatic hydroxyl groups excluding tert-OH is 1. The number of rotatable bonds is 59. The second-order valence-corrected chi connectivity index (χ2v) is 21.5. The highest BCUT2D eigenvalue weighted by Crippen LogP contribution is 2.17. The Labute approximate surface area is 471 Å². The predicted octanol–water partition coefficient (Wildman–Crippen LogP) is 22.4. The molecule has 0 heterocycles. The van der Waals surface area contributed by atoms with Gasteiger partial charge in [0.15, 0.2) is 6.10 Å². The van der Waals surface area contributed by atoms with Crippen LogP contribution in [-0.2, 0) is 19.1 Å². The van der Waals surface area contributed by atoms with E-state index in [0.717, 1.165) is 89.9 Å². The predicted molar refractivity (Wildman–Crippen MR) is 334 cm³/mol. The Balaban J connectivity index is 3.49. The van der Waals surface area contributed by atoms with Gasteiger partial charge in [0.25, 0.3) is 0 Å². The Morgan fingerprint density at radius 3 is 0.855 bits per heavy atom. The fourth-order valence-electron chi connectivity index (χ4n) is 9.22. The molecule has 1 N–H and O–H groups in total. The summed E-state index contributed by atoms with van der Waals surface area (Å²) in [5, 5.41) is 9.69. The molecule has 0 amide bonds. The standard InChI is InChI=1S/C71H122O5/c1-3-5-7-9-11-13-15-17-19-21-23-25-27-29-31-33-35-37-39-41-43-45-47-49-51-53-55-57-59-61-63-65-70(73)75-68-69(67-72)76-71(74)66-64-62-60-58-56-54-52-50-48-46-44-42-40-38-36-34-32-30-28-26-24-22-20-18-16-14-12-10-8-6-4-2/h6,8,12,14-15,17-18,20-21,23-24,26-27,29-30,32,36,38,69,72H,3-5,7,9-11,13,16,19,22,25,28,31,33-35,37,39-68H2,1-2H3/b8-6-,14-12-,17-15-,20-18-,23-21-,26-24-,29-27-,32-30-,38-36-. The zero-order valence-corrected chi connectivity index (χ0v) is 50.0. The van der Waals surface area contributed by atoms with Gasteiger partial charge in [0.05, 0.1) is 6.61 Å². The minimum absolute atomic E-state index is 0.0692. The first-order valence-corrected chi connectivity index (χ1v) is 32.4. The fraction of sp³-hybridized carbons (Fsp3) is 0.718. The minimum atomic E-state index is -0.780. The molecule has 0 spiro atoms. The Morgan fingerprint density at radius 1 is 0.316 bits per heavy atom. The van der Waals surface area contributed by atoms with Crippen molar-refractivity contribution in [3.05, 3.63) is 109 Å². The molecule has 5 nitrogen and oxygen atoms in total. The van der Waals surface area contributed by atoms with E-state index in [0.29, 0.717) is 12.8 Å². The van der Waals surface area contributed by atoms with Gasteiger partial charge in [-0.3, -0.25) is 9.59 Å². The first-order valence-electron chi connectivity index (χ1n) is 32.4. The average Bonchev–Trinajstić information content (AvgIpc) is 3.42. The van der Waals surface area contributed by atoms with Crippen molar-refractivity contribution >= 4 is 11.9 Å². The molecule has 0 fully saturated rings. The second-order valence-electron chi connectivity index (χ2n) is 21.5. The maximum atomic E-state index is 12.3. The Hall–Kier alpha value is -3.44. The van der Waals surface area contributed by atoms with Crippen LogP contribution < -0.4 is 0 Å². The van der Waals surface area contributed by atoms with Crippen LogP contribution in [0, 0.1) is 0 Å². The van der Waals surface area contributed by atoms with E-state index in [-0.39, 0.29) is 25.2 Å². The van der Waals surface area contributed by atoms with Crippen LogP contribution >= 0.6 is 0 Å². The van der Waals surface area contributed by atoms with E-state index >= 15 is 0 Å². The first kappa shape index (κ1) is 72.6. The van der Waals surface area contributed by atoms with Gasteiger partial charge < -0.3 is 14.6 Å². The third-order valence-electron chi connectivity index (χ3n) is 14.1. The smallest absolute Gasteiger partial charge is 0.306 e. The molecular weight excluding hydrogens is 933 g/mol. The molecule has 436 valence electrons. The topological polar surface area (TPSA) is 72.8 Å². The van der Waals surface area contributed by atoms with Crippen molar-refractivity contribution in [3.63, 3.8) is 0 Å². The van der Waals surface area contributed by atoms with Gasteiger partial charge in [-0.2, -0.15) is 0 Å². The molecule has 0 aromatic rings. The SMILES string of the molecule is CC/C=C\C/C=C\C/C=C\C/C=C\C/C=C\C/C=C\CCCCCCCCCCCCCCC(=O)OC(CO)COC(=O)CCCCCCCCCCCCCCCCCC/C=C\C/C=C\C/C=C\CCCCCCC. The van der Waals surface area contributed by atoms with Gasteiger partial charge in [-0.25, -0.2) is 0 Å². The highest BCUT2D eigenvalue weighted by Gasteiger charge is 2.16. The van der Waals surface area contributed by atoms with Gasteiger partial charge in [-0.05, 0) is 103 Å². The zero-order chi connectivity index (χ0) is 54.8. The maximum Gasteiger partial charge on any atom is 0.306 e. The number of carbonyl (C=O) groups excluding carboxylic acids is 2. The van der Waals surface area contributed by atoms with Gasteiger partial charge >= 0.3 is 11.9 Å². The lowest BCUT2D eigenvalue weighted by molar-refractivity contribution is -0.161. The molecule has 0 rings (SSSR count). The van der Waals surface area contributed by atoms with E-state index in [1.165, 1.54) is 193 Å². The van der Waals surface area contributed by atoms with Gasteiger partial charge in [-0.15, -0.1) is 0 Å². The average molecular weight is 1060 g/mol. The molecule has 0 aliphatic rings. The van der Waals surface area contributed by atoms with E-state index in [1.807, 2.05) is 0 Å². The molecule has 0 aliphatic carbocycles. The number of ether oxygens (including phenoxy) is 2. The van der Waals surface area contributed by atoms with Crippen LogP contribution in [0.5, 0.6) is 0 Å². The summed E-state index contributed by atoms with van der Waals surface area (Å²) in [6, 6.07) is 0. The molecule has 0 saturated heterocycles. The van der Waals surface area contributed by atoms with Crippen molar-refractivity contribution in [2.24, 2.45) is 0 Å². The second kappa shape index (κ2) is 65.8. The number of hydrogen-bond acceptors (Lipinski definition) is 5. The molecule has 5 heteroatoms. The summed E-state index contributed by atoms with van der Waals surface area (Å²) in [6.07, 6.45) is 95.2. The number of aliphatic hydroxyl groups is 1. The summed E-state index contributed by atoms with van der Waals surface area (Å²) < 4.78 is 10.7. The summed E-state index contributed by atoms with van der Waals surface area (Å²) in [5.41, 5.74) is 0. The van der Waals surface area contributed by atoms with Gasteiger partial charge in [0.1, 0.15) is 6.61 Å². The van der Waals surface area contributed by atoms with Crippen LogP contribution in [0.4, 0.5) is 0 Å². The molecule has 1 atom stereocenters. The number of carbonyl (C=O) groups is 2. The van der Waals surface area contributed by atoms with Crippen LogP contribution in [0.2, 0.25) is 0 Å². The van der Waals surface area contributed by atoms with E-state index in [1.54, 1.807) is 0 Å². The van der Waals surface area contributed by atoms with Crippen LogP contribution in [0.25, 0.3) is 0 Å². The number of allylic oxidation sites excluding steroid dienone is 18. The lowest BCUT2D eigenvalue weighted by Gasteiger charge is -2.15. The number of esters is 2. The van der Waals surface area contributed by atoms with Crippen molar-refractivity contribution in [2.45, 2.75) is 315 Å². The maximum absolute atomic E-state index is 12.3. The van der Waals surface area contributed by atoms with Crippen LogP contribution in [-0.4, -0.2) is 36.4 Å². The molecular formula is C71H122O5. The summed E-state index contributed by atoms with van der Waals surface area (Å²) in [4.78, 5) is 24.6. The molecule has 0 saturated carbocycles. The summed E-state index contributed by atoms with van der Waals surface area (Å²) in [6.45, 7) is 4.04. The normalized spacial score (nSPS) is 12.9. The van der Waals surface area contributed by atoms with Gasteiger partial charge in [0.2, 0.25) is 0 Å². The molecule has 0 aliphatic heterocycles. The molecule has 0 aromatic heterocycles. The third-order valence-corrected chi connectivity index (χ3v) is 14.1. The Morgan fingerprint density at radius 2 is 0.566 bits per heavy atom. The van der Waals surface area contributed by atoms with Crippen LogP contribution in [0.1, 0.15) is 309 Å². The van der Waals surface area contributed by atoms with E-state index in [2.05, 4.69) is 123 Å². The van der Waals surface area contributed by atoms with E-state index < -0.39 is 6.10 Å². The first-order chi connectivity index (χ1) is 37.6. The Bertz CT molecular complexity index is 1470. The largest absolute Gasteiger partial charge is 0.462 e. The summed E-state index contributed by atoms with van der Waals surface area (Å²) >= 11 is 0. The monoisotopic (exact) mass is 1050 g/mol. The highest BCUT2D eigenvalue weighted by atomic mass is 16.6. The summed E-state index contributed by atoms with van der Waals surface area (Å²) in [7, 11) is 0. The fourth-order valence-corrected chi connectivity index (χ4v) is 9.22.